The van der Waals surface area contributed by atoms with E-state index in [0.29, 0.717) is 17.6 Å². The summed E-state index contributed by atoms with van der Waals surface area (Å²) in [5.74, 6) is 1.36. The van der Waals surface area contributed by atoms with Gasteiger partial charge in [0.25, 0.3) is 0 Å². The first kappa shape index (κ1) is 19.2. The summed E-state index contributed by atoms with van der Waals surface area (Å²) in [6, 6.07) is 0. The highest BCUT2D eigenvalue weighted by Gasteiger charge is 2.31. The molecule has 0 amide bonds. The van der Waals surface area contributed by atoms with Gasteiger partial charge in [0.2, 0.25) is 0 Å². The predicted octanol–water partition coefficient (Wildman–Crippen LogP) is 5.22. The van der Waals surface area contributed by atoms with Crippen molar-refractivity contribution < 1.29 is 9.90 Å². The number of rotatable bonds is 1. The van der Waals surface area contributed by atoms with Crippen LogP contribution in [0, 0.1) is 11.8 Å². The Morgan fingerprint density at radius 3 is 2.36 bits per heavy atom. The number of carbonyl (C=O) groups excluding carboxylic acids is 1. The van der Waals surface area contributed by atoms with Crippen LogP contribution in [-0.4, -0.2) is 16.5 Å². The van der Waals surface area contributed by atoms with Crippen LogP contribution in [0.5, 0.6) is 0 Å². The highest BCUT2D eigenvalue weighted by Crippen LogP contribution is 2.33. The lowest BCUT2D eigenvalue weighted by atomic mass is 9.78. The van der Waals surface area contributed by atoms with E-state index in [1.165, 1.54) is 17.6 Å². The standard InChI is InChI=1S/C10H18O.C10H16O/c1-8(2)10(11)6-4-9(3)5-7-10;1-7(2)9-5-4-8(3)6-10(9)11/h4,8,11H,5-7H2,1-3H3;8H,4-6H2,1-3H3/t;8-/m.1/s1. The van der Waals surface area contributed by atoms with E-state index in [-0.39, 0.29) is 0 Å². The summed E-state index contributed by atoms with van der Waals surface area (Å²) in [4.78, 5) is 11.4. The molecule has 1 saturated carbocycles. The van der Waals surface area contributed by atoms with Crippen molar-refractivity contribution in [3.63, 3.8) is 0 Å². The molecule has 2 aliphatic rings. The van der Waals surface area contributed by atoms with Crippen molar-refractivity contribution in [3.8, 4) is 0 Å². The summed E-state index contributed by atoms with van der Waals surface area (Å²) >= 11 is 0. The maximum absolute atomic E-state index is 11.4. The van der Waals surface area contributed by atoms with Crippen LogP contribution in [0.15, 0.2) is 22.8 Å². The fraction of sp³-hybridized carbons (Fsp3) is 0.750. The molecule has 1 N–H and O–H groups in total. The highest BCUT2D eigenvalue weighted by atomic mass is 16.3. The first-order chi connectivity index (χ1) is 10.2. The van der Waals surface area contributed by atoms with E-state index in [1.54, 1.807) is 0 Å². The molecule has 2 nitrogen and oxygen atoms in total. The largest absolute Gasteiger partial charge is 0.389 e. The first-order valence-electron chi connectivity index (χ1n) is 8.73. The van der Waals surface area contributed by atoms with Gasteiger partial charge in [-0.15, -0.1) is 0 Å². The van der Waals surface area contributed by atoms with Crippen molar-refractivity contribution >= 4 is 5.78 Å². The van der Waals surface area contributed by atoms with E-state index in [2.05, 4.69) is 33.8 Å². The molecule has 1 unspecified atom stereocenters. The molecule has 126 valence electrons. The molecule has 2 rings (SSSR count). The Kier molecular flexibility index (Phi) is 7.05. The van der Waals surface area contributed by atoms with Crippen LogP contribution in [-0.2, 0) is 4.79 Å². The summed E-state index contributed by atoms with van der Waals surface area (Å²) in [7, 11) is 0. The summed E-state index contributed by atoms with van der Waals surface area (Å²) in [5.41, 5.74) is 3.31. The average Bonchev–Trinajstić information content (AvgIpc) is 2.42. The molecule has 0 aromatic rings. The van der Waals surface area contributed by atoms with Gasteiger partial charge in [-0.25, -0.2) is 0 Å². The molecule has 0 spiro atoms. The number of ketones is 1. The fourth-order valence-corrected chi connectivity index (χ4v) is 3.09. The van der Waals surface area contributed by atoms with Crippen molar-refractivity contribution in [2.75, 3.05) is 0 Å². The lowest BCUT2D eigenvalue weighted by Crippen LogP contribution is -2.36. The quantitative estimate of drug-likeness (QED) is 0.533. The maximum Gasteiger partial charge on any atom is 0.159 e. The number of aliphatic hydroxyl groups is 1. The van der Waals surface area contributed by atoms with Crippen LogP contribution < -0.4 is 0 Å². The van der Waals surface area contributed by atoms with Crippen molar-refractivity contribution in [2.24, 2.45) is 11.8 Å². The van der Waals surface area contributed by atoms with E-state index in [9.17, 15) is 9.90 Å². The topological polar surface area (TPSA) is 37.3 Å². The summed E-state index contributed by atoms with van der Waals surface area (Å²) in [5, 5.41) is 10.0. The van der Waals surface area contributed by atoms with Gasteiger partial charge < -0.3 is 5.11 Å². The summed E-state index contributed by atoms with van der Waals surface area (Å²) in [6.07, 6.45) is 7.97. The van der Waals surface area contributed by atoms with Crippen molar-refractivity contribution in [1.29, 1.82) is 0 Å². The van der Waals surface area contributed by atoms with Gasteiger partial charge in [-0.05, 0) is 70.3 Å². The number of Topliss-reactive ketones (excluding diaryl/α,β-unsaturated/α-hetero) is 1. The minimum absolute atomic E-state index is 0.378. The number of hydrogen-bond donors (Lipinski definition) is 1. The van der Waals surface area contributed by atoms with Crippen LogP contribution in [0.3, 0.4) is 0 Å². The normalized spacial score (nSPS) is 28.9. The lowest BCUT2D eigenvalue weighted by molar-refractivity contribution is -0.117. The van der Waals surface area contributed by atoms with Crippen LogP contribution >= 0.6 is 0 Å². The Morgan fingerprint density at radius 1 is 1.32 bits per heavy atom. The van der Waals surface area contributed by atoms with Crippen LogP contribution in [0.4, 0.5) is 0 Å². The summed E-state index contributed by atoms with van der Waals surface area (Å²) < 4.78 is 0. The molecular weight excluding hydrogens is 272 g/mol. The molecule has 0 bridgehead atoms. The Hall–Kier alpha value is -0.890. The first-order valence-corrected chi connectivity index (χ1v) is 8.73. The van der Waals surface area contributed by atoms with E-state index >= 15 is 0 Å². The second kappa shape index (κ2) is 8.10. The smallest absolute Gasteiger partial charge is 0.159 e. The van der Waals surface area contributed by atoms with Crippen LogP contribution in [0.2, 0.25) is 0 Å². The zero-order chi connectivity index (χ0) is 16.9. The monoisotopic (exact) mass is 306 g/mol. The van der Waals surface area contributed by atoms with Gasteiger partial charge in [-0.2, -0.15) is 0 Å². The van der Waals surface area contributed by atoms with Gasteiger partial charge in [0.1, 0.15) is 0 Å². The number of hydrogen-bond acceptors (Lipinski definition) is 2. The van der Waals surface area contributed by atoms with E-state index < -0.39 is 5.60 Å². The van der Waals surface area contributed by atoms with Gasteiger partial charge in [-0.1, -0.05) is 38.0 Å². The molecule has 0 radical (unpaired) electrons. The van der Waals surface area contributed by atoms with Gasteiger partial charge >= 0.3 is 0 Å². The summed E-state index contributed by atoms with van der Waals surface area (Å²) in [6.45, 7) is 12.5. The SMILES string of the molecule is CC(C)=C1CC[C@@H](C)CC1=O.CC1=CCC(O)(C(C)C)CC1. The zero-order valence-electron chi connectivity index (χ0n) is 15.3. The Morgan fingerprint density at radius 2 is 1.95 bits per heavy atom. The second-order valence-electron chi connectivity index (χ2n) is 7.76. The van der Waals surface area contributed by atoms with E-state index in [0.717, 1.165) is 37.7 Å². The van der Waals surface area contributed by atoms with Gasteiger partial charge in [0, 0.05) is 6.42 Å². The van der Waals surface area contributed by atoms with Crippen molar-refractivity contribution in [2.45, 2.75) is 85.7 Å². The molecule has 0 heterocycles. The average molecular weight is 306 g/mol. The molecule has 1 fully saturated rings. The molecule has 2 aliphatic carbocycles. The van der Waals surface area contributed by atoms with Crippen LogP contribution in [0.25, 0.3) is 0 Å². The fourth-order valence-electron chi connectivity index (χ4n) is 3.09. The maximum atomic E-state index is 11.4. The van der Waals surface area contributed by atoms with Crippen molar-refractivity contribution in [1.82, 2.24) is 0 Å². The zero-order valence-corrected chi connectivity index (χ0v) is 15.3. The molecule has 22 heavy (non-hydrogen) atoms. The molecule has 2 atom stereocenters. The molecular formula is C20H34O2. The number of allylic oxidation sites excluding steroid dienone is 3. The number of carbonyl (C=O) groups is 1. The third kappa shape index (κ3) is 5.39. The van der Waals surface area contributed by atoms with E-state index in [1.807, 2.05) is 13.8 Å². The molecule has 0 aliphatic heterocycles. The van der Waals surface area contributed by atoms with Crippen molar-refractivity contribution in [3.05, 3.63) is 22.8 Å². The highest BCUT2D eigenvalue weighted by molar-refractivity contribution is 5.96. The van der Waals surface area contributed by atoms with Gasteiger partial charge in [0.15, 0.2) is 5.78 Å². The minimum atomic E-state index is -0.417. The molecule has 0 aromatic carbocycles. The minimum Gasteiger partial charge on any atom is -0.389 e. The van der Waals surface area contributed by atoms with Gasteiger partial charge in [0.05, 0.1) is 5.60 Å². The molecule has 0 saturated heterocycles. The molecule has 2 heteroatoms. The van der Waals surface area contributed by atoms with Gasteiger partial charge in [-0.3, -0.25) is 4.79 Å². The van der Waals surface area contributed by atoms with E-state index in [4.69, 9.17) is 0 Å². The Balaban J connectivity index is 0.000000220. The molecule has 0 aromatic heterocycles. The van der Waals surface area contributed by atoms with Crippen LogP contribution in [0.1, 0.15) is 80.1 Å². The lowest BCUT2D eigenvalue weighted by Gasteiger charge is -2.34. The Bertz CT molecular complexity index is 452. The Labute approximate surface area is 136 Å². The second-order valence-corrected chi connectivity index (χ2v) is 7.76. The third-order valence-electron chi connectivity index (χ3n) is 5.19. The predicted molar refractivity (Wildman–Crippen MR) is 93.8 cm³/mol. The third-order valence-corrected chi connectivity index (χ3v) is 5.19.